The minimum atomic E-state index is -0.415. The second-order valence-electron chi connectivity index (χ2n) is 4.89. The van der Waals surface area contributed by atoms with Gasteiger partial charge in [0.2, 0.25) is 0 Å². The highest BCUT2D eigenvalue weighted by atomic mass is 35.5. The lowest BCUT2D eigenvalue weighted by Gasteiger charge is -2.17. The number of aliphatic hydroxyl groups is 1. The van der Waals surface area contributed by atoms with Gasteiger partial charge < -0.3 is 15.7 Å². The van der Waals surface area contributed by atoms with Crippen LogP contribution in [0.25, 0.3) is 0 Å². The molecule has 0 aromatic heterocycles. The fourth-order valence-electron chi connectivity index (χ4n) is 2.14. The third kappa shape index (κ3) is 4.76. The Bertz CT molecular complexity index is 605. The first-order valence-electron chi connectivity index (χ1n) is 7.14. The molecule has 2 amide bonds. The van der Waals surface area contributed by atoms with E-state index in [-0.39, 0.29) is 12.6 Å². The highest BCUT2D eigenvalue weighted by Crippen LogP contribution is 2.15. The molecule has 5 heteroatoms. The molecule has 0 saturated heterocycles. The molecule has 0 saturated carbocycles. The number of rotatable bonds is 6. The van der Waals surface area contributed by atoms with Crippen LogP contribution in [-0.2, 0) is 6.42 Å². The number of hydrogen-bond donors (Lipinski definition) is 3. The summed E-state index contributed by atoms with van der Waals surface area (Å²) in [5.74, 6) is 0. The van der Waals surface area contributed by atoms with E-state index in [1.165, 1.54) is 0 Å². The molecular formula is C17H19ClN2O2. The monoisotopic (exact) mass is 318 g/mol. The molecule has 0 bridgehead atoms. The molecule has 2 aromatic carbocycles. The topological polar surface area (TPSA) is 61.4 Å². The van der Waals surface area contributed by atoms with Crippen LogP contribution in [0, 0.1) is 0 Å². The SMILES string of the molecule is O=C(NCCc1ccccc1Cl)NC(CO)c1ccccc1. The lowest BCUT2D eigenvalue weighted by Crippen LogP contribution is -2.40. The van der Waals surface area contributed by atoms with Gasteiger partial charge in [0.25, 0.3) is 0 Å². The third-order valence-electron chi connectivity index (χ3n) is 3.33. The molecule has 3 N–H and O–H groups in total. The number of carbonyl (C=O) groups is 1. The van der Waals surface area contributed by atoms with E-state index in [4.69, 9.17) is 11.6 Å². The van der Waals surface area contributed by atoms with Crippen molar-refractivity contribution in [1.82, 2.24) is 10.6 Å². The smallest absolute Gasteiger partial charge is 0.315 e. The van der Waals surface area contributed by atoms with Crippen LogP contribution in [-0.4, -0.2) is 24.3 Å². The largest absolute Gasteiger partial charge is 0.394 e. The van der Waals surface area contributed by atoms with Crippen molar-refractivity contribution >= 4 is 17.6 Å². The van der Waals surface area contributed by atoms with Crippen molar-refractivity contribution < 1.29 is 9.90 Å². The van der Waals surface area contributed by atoms with E-state index >= 15 is 0 Å². The molecule has 22 heavy (non-hydrogen) atoms. The van der Waals surface area contributed by atoms with Crippen LogP contribution in [0.3, 0.4) is 0 Å². The number of urea groups is 1. The fourth-order valence-corrected chi connectivity index (χ4v) is 2.37. The zero-order valence-electron chi connectivity index (χ0n) is 12.1. The number of carbonyl (C=O) groups excluding carboxylic acids is 1. The maximum atomic E-state index is 11.9. The van der Waals surface area contributed by atoms with Crippen LogP contribution < -0.4 is 10.6 Å². The first-order chi connectivity index (χ1) is 10.7. The van der Waals surface area contributed by atoms with Crippen molar-refractivity contribution in [2.45, 2.75) is 12.5 Å². The predicted molar refractivity (Wildman–Crippen MR) is 88.0 cm³/mol. The summed E-state index contributed by atoms with van der Waals surface area (Å²) < 4.78 is 0. The summed E-state index contributed by atoms with van der Waals surface area (Å²) in [7, 11) is 0. The molecule has 0 aliphatic rings. The molecule has 4 nitrogen and oxygen atoms in total. The Labute approximate surface area is 135 Å². The molecule has 1 atom stereocenters. The molecule has 0 fully saturated rings. The van der Waals surface area contributed by atoms with Crippen molar-refractivity contribution in [3.8, 4) is 0 Å². The van der Waals surface area contributed by atoms with E-state index in [1.807, 2.05) is 54.6 Å². The van der Waals surface area contributed by atoms with Crippen molar-refractivity contribution in [1.29, 1.82) is 0 Å². The standard InChI is InChI=1S/C17H19ClN2O2/c18-15-9-5-4-6-13(15)10-11-19-17(22)20-16(12-21)14-7-2-1-3-8-14/h1-9,16,21H,10-12H2,(H2,19,20,22). The molecule has 116 valence electrons. The van der Waals surface area contributed by atoms with Crippen molar-refractivity contribution in [3.63, 3.8) is 0 Å². The summed E-state index contributed by atoms with van der Waals surface area (Å²) in [6.45, 7) is 0.324. The van der Waals surface area contributed by atoms with Gasteiger partial charge in [-0.3, -0.25) is 0 Å². The Morgan fingerprint density at radius 2 is 1.77 bits per heavy atom. The Morgan fingerprint density at radius 3 is 2.45 bits per heavy atom. The van der Waals surface area contributed by atoms with E-state index in [2.05, 4.69) is 10.6 Å². The second-order valence-corrected chi connectivity index (χ2v) is 5.29. The quantitative estimate of drug-likeness (QED) is 0.767. The average Bonchev–Trinajstić information content (AvgIpc) is 2.55. The summed E-state index contributed by atoms with van der Waals surface area (Å²) >= 11 is 6.06. The zero-order valence-corrected chi connectivity index (χ0v) is 12.9. The normalized spacial score (nSPS) is 11.7. The van der Waals surface area contributed by atoms with Crippen LogP contribution in [0.4, 0.5) is 4.79 Å². The summed E-state index contributed by atoms with van der Waals surface area (Å²) in [5, 5.41) is 15.6. The Morgan fingerprint density at radius 1 is 1.09 bits per heavy atom. The van der Waals surface area contributed by atoms with Crippen molar-refractivity contribution in [2.75, 3.05) is 13.2 Å². The number of halogens is 1. The maximum Gasteiger partial charge on any atom is 0.315 e. The van der Waals surface area contributed by atoms with Gasteiger partial charge in [0.15, 0.2) is 0 Å². The maximum absolute atomic E-state index is 11.9. The van der Waals surface area contributed by atoms with Crippen molar-refractivity contribution in [3.05, 3.63) is 70.7 Å². The summed E-state index contributed by atoms with van der Waals surface area (Å²) in [5.41, 5.74) is 1.86. The van der Waals surface area contributed by atoms with Crippen LogP contribution in [0.5, 0.6) is 0 Å². The third-order valence-corrected chi connectivity index (χ3v) is 3.70. The predicted octanol–water partition coefficient (Wildman–Crippen LogP) is 2.92. The first-order valence-corrected chi connectivity index (χ1v) is 7.52. The highest BCUT2D eigenvalue weighted by Gasteiger charge is 2.12. The van der Waals surface area contributed by atoms with Crippen LogP contribution >= 0.6 is 11.6 Å². The van der Waals surface area contributed by atoms with Crippen LogP contribution in [0.1, 0.15) is 17.2 Å². The van der Waals surface area contributed by atoms with Gasteiger partial charge in [-0.05, 0) is 23.6 Å². The molecule has 2 aromatic rings. The molecule has 0 heterocycles. The molecule has 0 aliphatic carbocycles. The van der Waals surface area contributed by atoms with Gasteiger partial charge in [0.05, 0.1) is 12.6 Å². The Hall–Kier alpha value is -2.04. The minimum Gasteiger partial charge on any atom is -0.394 e. The summed E-state index contributed by atoms with van der Waals surface area (Å²) in [4.78, 5) is 11.9. The van der Waals surface area contributed by atoms with Gasteiger partial charge in [-0.2, -0.15) is 0 Å². The molecular weight excluding hydrogens is 300 g/mol. The molecule has 1 unspecified atom stereocenters. The van der Waals surface area contributed by atoms with E-state index in [1.54, 1.807) is 0 Å². The summed E-state index contributed by atoms with van der Waals surface area (Å²) in [6.07, 6.45) is 0.655. The average molecular weight is 319 g/mol. The lowest BCUT2D eigenvalue weighted by atomic mass is 10.1. The Balaban J connectivity index is 1.81. The lowest BCUT2D eigenvalue weighted by molar-refractivity contribution is 0.217. The van der Waals surface area contributed by atoms with Crippen LogP contribution in [0.2, 0.25) is 5.02 Å². The van der Waals surface area contributed by atoms with E-state index < -0.39 is 6.04 Å². The number of benzene rings is 2. The van der Waals surface area contributed by atoms with Gasteiger partial charge in [0.1, 0.15) is 0 Å². The summed E-state index contributed by atoms with van der Waals surface area (Å²) in [6, 6.07) is 16.2. The van der Waals surface area contributed by atoms with E-state index in [9.17, 15) is 9.90 Å². The fraction of sp³-hybridized carbons (Fsp3) is 0.235. The molecule has 0 spiro atoms. The van der Waals surface area contributed by atoms with Crippen molar-refractivity contribution in [2.24, 2.45) is 0 Å². The zero-order chi connectivity index (χ0) is 15.8. The number of hydrogen-bond acceptors (Lipinski definition) is 2. The molecule has 2 rings (SSSR count). The number of nitrogens with one attached hydrogen (secondary N) is 2. The molecule has 0 aliphatic heterocycles. The number of aliphatic hydroxyl groups excluding tert-OH is 1. The molecule has 0 radical (unpaired) electrons. The van der Waals surface area contributed by atoms with E-state index in [0.717, 1.165) is 11.1 Å². The van der Waals surface area contributed by atoms with Gasteiger partial charge in [-0.15, -0.1) is 0 Å². The van der Waals surface area contributed by atoms with Crippen LogP contribution in [0.15, 0.2) is 54.6 Å². The first kappa shape index (κ1) is 16.3. The number of amides is 2. The Kier molecular flexibility index (Phi) is 6.25. The van der Waals surface area contributed by atoms with E-state index in [0.29, 0.717) is 18.0 Å². The van der Waals surface area contributed by atoms with Gasteiger partial charge in [0, 0.05) is 11.6 Å². The highest BCUT2D eigenvalue weighted by molar-refractivity contribution is 6.31. The second kappa shape index (κ2) is 8.41. The minimum absolute atomic E-state index is 0.151. The van der Waals surface area contributed by atoms with Gasteiger partial charge in [-0.1, -0.05) is 60.1 Å². The van der Waals surface area contributed by atoms with Gasteiger partial charge >= 0.3 is 6.03 Å². The van der Waals surface area contributed by atoms with Gasteiger partial charge in [-0.25, -0.2) is 4.79 Å².